The molecule has 0 N–H and O–H groups in total. The lowest BCUT2D eigenvalue weighted by Crippen LogP contribution is -2.23. The van der Waals surface area contributed by atoms with Gasteiger partial charge in [-0.1, -0.05) is 12.1 Å². The number of hydrogen-bond donors (Lipinski definition) is 0. The van der Waals surface area contributed by atoms with Crippen LogP contribution in [-0.4, -0.2) is 39.3 Å². The highest BCUT2D eigenvalue weighted by molar-refractivity contribution is 7.91. The van der Waals surface area contributed by atoms with Gasteiger partial charge in [-0.3, -0.25) is 9.25 Å². The van der Waals surface area contributed by atoms with E-state index in [0.29, 0.717) is 23.0 Å². The molecule has 1 aliphatic heterocycles. The monoisotopic (exact) mass is 412 g/mol. The molecule has 0 spiro atoms. The quantitative estimate of drug-likeness (QED) is 0.657. The Kier molecular flexibility index (Phi) is 4.29. The molecule has 1 aromatic carbocycles. The average Bonchev–Trinajstić information content (AvgIpc) is 3.20. The zero-order valence-corrected chi connectivity index (χ0v) is 15.2. The molecule has 1 aliphatic rings. The van der Waals surface area contributed by atoms with Crippen molar-refractivity contribution >= 4 is 20.9 Å². The summed E-state index contributed by atoms with van der Waals surface area (Å²) in [5.41, 5.74) is 0.125. The number of halogens is 3. The summed E-state index contributed by atoms with van der Waals surface area (Å²) < 4.78 is 64.5. The van der Waals surface area contributed by atoms with Crippen molar-refractivity contribution in [2.75, 3.05) is 11.5 Å². The molecule has 0 bridgehead atoms. The Balaban J connectivity index is 1.70. The lowest BCUT2D eigenvalue weighted by atomic mass is 10.1. The maximum atomic E-state index is 12.7. The molecule has 0 aliphatic carbocycles. The Morgan fingerprint density at radius 2 is 1.82 bits per heavy atom. The van der Waals surface area contributed by atoms with E-state index in [-0.39, 0.29) is 24.1 Å². The number of benzene rings is 1. The van der Waals surface area contributed by atoms with Crippen LogP contribution < -0.4 is 5.69 Å². The lowest BCUT2D eigenvalue weighted by Gasteiger charge is -2.12. The summed E-state index contributed by atoms with van der Waals surface area (Å²) in [6.07, 6.45) is -1.21. The van der Waals surface area contributed by atoms with Gasteiger partial charge in [0.15, 0.2) is 9.84 Å². The molecule has 4 rings (SSSR count). The summed E-state index contributed by atoms with van der Waals surface area (Å²) in [4.78, 5) is 16.1. The third-order valence-electron chi connectivity index (χ3n) is 4.81. The van der Waals surface area contributed by atoms with Crippen molar-refractivity contribution in [1.82, 2.24) is 19.3 Å². The third kappa shape index (κ3) is 3.41. The topological polar surface area (TPSA) is 86.8 Å². The second-order valence-electron chi connectivity index (χ2n) is 6.74. The molecular formula is C17H15F3N4O3S. The predicted octanol–water partition coefficient (Wildman–Crippen LogP) is 2.02. The number of rotatable bonds is 3. The number of fused-ring (bicyclic) bond motifs is 1. The van der Waals surface area contributed by atoms with Gasteiger partial charge in [-0.15, -0.1) is 0 Å². The van der Waals surface area contributed by atoms with E-state index in [1.165, 1.54) is 29.1 Å². The Bertz CT molecular complexity index is 1200. The van der Waals surface area contributed by atoms with Crippen LogP contribution in [0.1, 0.15) is 23.6 Å². The highest BCUT2D eigenvalue weighted by atomic mass is 32.2. The SMILES string of the molecule is O=c1ncc2c(cnn2C2CCS(=O)(=O)C2)n1Cc1ccc(C(F)(F)F)cc1. The van der Waals surface area contributed by atoms with E-state index in [1.807, 2.05) is 0 Å². The minimum Gasteiger partial charge on any atom is -0.284 e. The molecule has 148 valence electrons. The Morgan fingerprint density at radius 3 is 2.43 bits per heavy atom. The third-order valence-corrected chi connectivity index (χ3v) is 6.56. The van der Waals surface area contributed by atoms with Crippen molar-refractivity contribution in [1.29, 1.82) is 0 Å². The first kappa shape index (κ1) is 18.7. The van der Waals surface area contributed by atoms with E-state index >= 15 is 0 Å². The summed E-state index contributed by atoms with van der Waals surface area (Å²) >= 11 is 0. The fourth-order valence-electron chi connectivity index (χ4n) is 3.38. The summed E-state index contributed by atoms with van der Waals surface area (Å²) in [7, 11) is -3.11. The summed E-state index contributed by atoms with van der Waals surface area (Å²) in [5, 5.41) is 4.24. The average molecular weight is 412 g/mol. The van der Waals surface area contributed by atoms with Gasteiger partial charge < -0.3 is 0 Å². The first-order valence-electron chi connectivity index (χ1n) is 8.44. The largest absolute Gasteiger partial charge is 0.416 e. The number of aromatic nitrogens is 4. The second kappa shape index (κ2) is 6.43. The Morgan fingerprint density at radius 1 is 1.11 bits per heavy atom. The van der Waals surface area contributed by atoms with Gasteiger partial charge in [0, 0.05) is 0 Å². The molecule has 1 saturated heterocycles. The predicted molar refractivity (Wildman–Crippen MR) is 94.6 cm³/mol. The number of alkyl halides is 3. The molecule has 28 heavy (non-hydrogen) atoms. The van der Waals surface area contributed by atoms with Crippen LogP contribution in [0.5, 0.6) is 0 Å². The lowest BCUT2D eigenvalue weighted by molar-refractivity contribution is -0.137. The van der Waals surface area contributed by atoms with E-state index in [0.717, 1.165) is 12.1 Å². The highest BCUT2D eigenvalue weighted by Crippen LogP contribution is 2.29. The van der Waals surface area contributed by atoms with Crippen LogP contribution in [0.3, 0.4) is 0 Å². The van der Waals surface area contributed by atoms with Gasteiger partial charge >= 0.3 is 11.9 Å². The van der Waals surface area contributed by atoms with Gasteiger partial charge in [-0.05, 0) is 24.1 Å². The van der Waals surface area contributed by atoms with Crippen LogP contribution in [0.15, 0.2) is 41.5 Å². The molecular weight excluding hydrogens is 397 g/mol. The van der Waals surface area contributed by atoms with E-state index in [4.69, 9.17) is 0 Å². The molecule has 1 atom stereocenters. The van der Waals surface area contributed by atoms with Crippen molar-refractivity contribution in [3.8, 4) is 0 Å². The second-order valence-corrected chi connectivity index (χ2v) is 8.97. The fraction of sp³-hybridized carbons (Fsp3) is 0.353. The van der Waals surface area contributed by atoms with E-state index in [9.17, 15) is 26.4 Å². The maximum Gasteiger partial charge on any atom is 0.416 e. The smallest absolute Gasteiger partial charge is 0.284 e. The van der Waals surface area contributed by atoms with Crippen LogP contribution in [0, 0.1) is 0 Å². The number of nitrogens with zero attached hydrogens (tertiary/aromatic N) is 4. The molecule has 1 unspecified atom stereocenters. The molecule has 2 aromatic heterocycles. The zero-order valence-electron chi connectivity index (χ0n) is 14.4. The fourth-order valence-corrected chi connectivity index (χ4v) is 5.07. The zero-order chi connectivity index (χ0) is 20.1. The maximum absolute atomic E-state index is 12.7. The first-order valence-corrected chi connectivity index (χ1v) is 10.3. The molecule has 0 amide bonds. The van der Waals surface area contributed by atoms with Gasteiger partial charge in [0.2, 0.25) is 0 Å². The molecule has 11 heteroatoms. The Hall–Kier alpha value is -2.69. The van der Waals surface area contributed by atoms with Crippen molar-refractivity contribution in [3.05, 3.63) is 58.3 Å². The first-order chi connectivity index (χ1) is 13.1. The molecule has 7 nitrogen and oxygen atoms in total. The van der Waals surface area contributed by atoms with Gasteiger partial charge in [0.25, 0.3) is 0 Å². The van der Waals surface area contributed by atoms with Crippen LogP contribution in [-0.2, 0) is 22.6 Å². The standard InChI is InChI=1S/C17H15F3N4O3S/c18-17(19,20)12-3-1-11(2-4-12)9-23-14-8-22-24(15(14)7-21-16(23)25)13-5-6-28(26,27)10-13/h1-4,7-8,13H,5-6,9-10H2. The van der Waals surface area contributed by atoms with Gasteiger partial charge in [0.05, 0.1) is 47.6 Å². The summed E-state index contributed by atoms with van der Waals surface area (Å²) in [6.45, 7) is 0.0238. The summed E-state index contributed by atoms with van der Waals surface area (Å²) in [5.74, 6) is 0.0550. The van der Waals surface area contributed by atoms with Gasteiger partial charge in [-0.2, -0.15) is 23.3 Å². The summed E-state index contributed by atoms with van der Waals surface area (Å²) in [6, 6.07) is 4.20. The molecule has 0 saturated carbocycles. The van der Waals surface area contributed by atoms with Crippen molar-refractivity contribution in [3.63, 3.8) is 0 Å². The Labute approximate surface area is 157 Å². The highest BCUT2D eigenvalue weighted by Gasteiger charge is 2.31. The van der Waals surface area contributed by atoms with E-state index in [2.05, 4.69) is 10.1 Å². The normalized spacial score (nSPS) is 19.3. The van der Waals surface area contributed by atoms with Gasteiger partial charge in [0.1, 0.15) is 5.52 Å². The minimum absolute atomic E-state index is 0.0238. The van der Waals surface area contributed by atoms with Crippen LogP contribution in [0.2, 0.25) is 0 Å². The van der Waals surface area contributed by atoms with Crippen molar-refractivity contribution in [2.24, 2.45) is 0 Å². The molecule has 1 fully saturated rings. The number of sulfone groups is 1. The van der Waals surface area contributed by atoms with Crippen LogP contribution in [0.4, 0.5) is 13.2 Å². The van der Waals surface area contributed by atoms with E-state index < -0.39 is 27.3 Å². The minimum atomic E-state index is -4.43. The molecule has 0 radical (unpaired) electrons. The van der Waals surface area contributed by atoms with Crippen molar-refractivity contribution in [2.45, 2.75) is 25.2 Å². The van der Waals surface area contributed by atoms with Gasteiger partial charge in [-0.25, -0.2) is 13.2 Å². The van der Waals surface area contributed by atoms with Crippen molar-refractivity contribution < 1.29 is 21.6 Å². The number of hydrogen-bond acceptors (Lipinski definition) is 5. The van der Waals surface area contributed by atoms with E-state index in [1.54, 1.807) is 4.68 Å². The molecule has 3 aromatic rings. The van der Waals surface area contributed by atoms with Crippen LogP contribution >= 0.6 is 0 Å². The molecule has 3 heterocycles. The van der Waals surface area contributed by atoms with Crippen LogP contribution in [0.25, 0.3) is 11.0 Å².